The first-order valence-electron chi connectivity index (χ1n) is 21.9. The van der Waals surface area contributed by atoms with E-state index in [4.69, 9.17) is 11.5 Å². The lowest BCUT2D eigenvalue weighted by molar-refractivity contribution is 0.541. The molecule has 4 aromatic rings. The molecule has 0 amide bonds. The van der Waals surface area contributed by atoms with Gasteiger partial charge in [0.05, 0.1) is 0 Å². The third-order valence-corrected chi connectivity index (χ3v) is 11.7. The summed E-state index contributed by atoms with van der Waals surface area (Å²) in [4.78, 5) is 0. The van der Waals surface area contributed by atoms with Gasteiger partial charge in [-0.15, -0.1) is 0 Å². The van der Waals surface area contributed by atoms with Crippen molar-refractivity contribution in [3.63, 3.8) is 0 Å². The largest absolute Gasteiger partial charge is 0.399 e. The Morgan fingerprint density at radius 1 is 0.340 bits per heavy atom. The molecule has 0 spiro atoms. The normalized spacial score (nSPS) is 13.2. The third kappa shape index (κ3) is 15.0. The van der Waals surface area contributed by atoms with Crippen molar-refractivity contribution in [2.24, 2.45) is 0 Å². The Morgan fingerprint density at radius 3 is 1.04 bits per heavy atom. The molecule has 0 aromatic heterocycles. The number of rotatable bonds is 27. The summed E-state index contributed by atoms with van der Waals surface area (Å²) < 4.78 is 0. The van der Waals surface area contributed by atoms with Crippen LogP contribution in [0.2, 0.25) is 0 Å². The molecule has 4 aromatic carbocycles. The van der Waals surface area contributed by atoms with E-state index < -0.39 is 0 Å². The van der Waals surface area contributed by atoms with Crippen molar-refractivity contribution in [3.05, 3.63) is 130 Å². The smallest absolute Gasteiger partial charge is 0.0314 e. The molecule has 2 heteroatoms. The molecule has 0 heterocycles. The fraction of sp³-hybridized carbons (Fsp3) is 0.529. The minimum absolute atomic E-state index is 0.418. The van der Waals surface area contributed by atoms with Crippen molar-refractivity contribution in [1.29, 1.82) is 0 Å². The van der Waals surface area contributed by atoms with E-state index in [1.165, 1.54) is 162 Å². The Kier molecular flexibility index (Phi) is 19.7. The van der Waals surface area contributed by atoms with Gasteiger partial charge in [0.25, 0.3) is 0 Å². The molecule has 0 bridgehead atoms. The summed E-state index contributed by atoms with van der Waals surface area (Å²) in [5, 5.41) is 0. The first-order chi connectivity index (χ1) is 26.0. The Balaban J connectivity index is 1.49. The van der Waals surface area contributed by atoms with Crippen molar-refractivity contribution < 1.29 is 0 Å². The molecule has 0 fully saturated rings. The lowest BCUT2D eigenvalue weighted by Crippen LogP contribution is -2.07. The van der Waals surface area contributed by atoms with Gasteiger partial charge in [-0.2, -0.15) is 0 Å². The molecule has 0 saturated carbocycles. The summed E-state index contributed by atoms with van der Waals surface area (Å²) in [6.07, 6.45) is 27.3. The van der Waals surface area contributed by atoms with Crippen LogP contribution >= 0.6 is 0 Å². The van der Waals surface area contributed by atoms with E-state index in [9.17, 15) is 0 Å². The maximum Gasteiger partial charge on any atom is 0.0314 e. The Bertz CT molecular complexity index is 1490. The second kappa shape index (κ2) is 24.7. The molecule has 4 N–H and O–H groups in total. The van der Waals surface area contributed by atoms with E-state index in [1.807, 2.05) is 0 Å². The molecule has 0 aliphatic heterocycles. The standard InChI is InChI=1S/C51H74N2/c1-4-7-10-13-16-19-22-50(45-32-36-48(52)37-33-45)43-26-24-41(25-27-43)40-47(21-18-15-12-9-6-3)42-28-30-44(31-29-42)51(23-20-17-14-11-8-5-2)46-34-38-49(53)39-35-46/h24-39,47,50-51H,4-23,40,52-53H2,1-3H3. The van der Waals surface area contributed by atoms with Gasteiger partial charge in [-0.25, -0.2) is 0 Å². The number of hydrogen-bond acceptors (Lipinski definition) is 2. The van der Waals surface area contributed by atoms with E-state index in [2.05, 4.69) is 118 Å². The highest BCUT2D eigenvalue weighted by molar-refractivity contribution is 5.44. The first-order valence-corrected chi connectivity index (χ1v) is 21.9. The van der Waals surface area contributed by atoms with E-state index in [1.54, 1.807) is 0 Å². The highest BCUT2D eigenvalue weighted by Gasteiger charge is 2.19. The molecule has 0 aliphatic carbocycles. The number of anilines is 2. The van der Waals surface area contributed by atoms with Crippen LogP contribution in [0.3, 0.4) is 0 Å². The van der Waals surface area contributed by atoms with Gasteiger partial charge in [0.2, 0.25) is 0 Å². The Morgan fingerprint density at radius 2 is 0.642 bits per heavy atom. The van der Waals surface area contributed by atoms with E-state index in [0.717, 1.165) is 17.8 Å². The topological polar surface area (TPSA) is 52.0 Å². The van der Waals surface area contributed by atoms with E-state index in [-0.39, 0.29) is 0 Å². The van der Waals surface area contributed by atoms with Gasteiger partial charge in [0.15, 0.2) is 0 Å². The maximum absolute atomic E-state index is 6.10. The van der Waals surface area contributed by atoms with Gasteiger partial charge in [-0.3, -0.25) is 0 Å². The monoisotopic (exact) mass is 715 g/mol. The predicted molar refractivity (Wildman–Crippen MR) is 234 cm³/mol. The van der Waals surface area contributed by atoms with E-state index in [0.29, 0.717) is 17.8 Å². The van der Waals surface area contributed by atoms with Crippen molar-refractivity contribution >= 4 is 11.4 Å². The Hall–Kier alpha value is -3.52. The average molecular weight is 715 g/mol. The van der Waals surface area contributed by atoms with Crippen LogP contribution < -0.4 is 11.5 Å². The van der Waals surface area contributed by atoms with Gasteiger partial charge in [0.1, 0.15) is 0 Å². The van der Waals surface area contributed by atoms with Crippen LogP contribution in [0.25, 0.3) is 0 Å². The van der Waals surface area contributed by atoms with Crippen LogP contribution in [0.4, 0.5) is 11.4 Å². The molecular formula is C51H74N2. The number of unbranched alkanes of at least 4 members (excludes halogenated alkanes) is 14. The van der Waals surface area contributed by atoms with Crippen molar-refractivity contribution in [3.8, 4) is 0 Å². The summed E-state index contributed by atoms with van der Waals surface area (Å²) >= 11 is 0. The second-order valence-corrected chi connectivity index (χ2v) is 16.1. The van der Waals surface area contributed by atoms with Crippen LogP contribution in [0.1, 0.15) is 200 Å². The fourth-order valence-electron chi connectivity index (χ4n) is 8.32. The SMILES string of the molecule is CCCCCCCCC(c1ccc(N)cc1)c1ccc(CC(CCCCCCC)c2ccc(C(CCCCCCCC)c3ccc(N)cc3)cc2)cc1. The van der Waals surface area contributed by atoms with Crippen molar-refractivity contribution in [2.45, 2.75) is 173 Å². The summed E-state index contributed by atoms with van der Waals surface area (Å²) in [6.45, 7) is 6.90. The van der Waals surface area contributed by atoms with Crippen LogP contribution in [-0.2, 0) is 6.42 Å². The molecule has 53 heavy (non-hydrogen) atoms. The number of benzene rings is 4. The molecular weight excluding hydrogens is 641 g/mol. The molecule has 0 saturated heterocycles. The zero-order valence-electron chi connectivity index (χ0n) is 34.0. The van der Waals surface area contributed by atoms with Crippen molar-refractivity contribution in [2.75, 3.05) is 11.5 Å². The quantitative estimate of drug-likeness (QED) is 0.0477. The van der Waals surface area contributed by atoms with E-state index >= 15 is 0 Å². The van der Waals surface area contributed by atoms with Gasteiger partial charge >= 0.3 is 0 Å². The highest BCUT2D eigenvalue weighted by Crippen LogP contribution is 2.35. The van der Waals surface area contributed by atoms with Gasteiger partial charge < -0.3 is 11.5 Å². The van der Waals surface area contributed by atoms with Gasteiger partial charge in [-0.05, 0) is 89.2 Å². The zero-order valence-corrected chi connectivity index (χ0v) is 34.0. The number of nitrogen functional groups attached to an aromatic ring is 2. The summed E-state index contributed by atoms with van der Waals surface area (Å²) in [5.74, 6) is 1.37. The average Bonchev–Trinajstić information content (AvgIpc) is 3.18. The van der Waals surface area contributed by atoms with Gasteiger partial charge in [-0.1, -0.05) is 203 Å². The molecule has 0 radical (unpaired) electrons. The lowest BCUT2D eigenvalue weighted by Gasteiger charge is -2.22. The summed E-state index contributed by atoms with van der Waals surface area (Å²) in [7, 11) is 0. The third-order valence-electron chi connectivity index (χ3n) is 11.7. The van der Waals surface area contributed by atoms with Crippen LogP contribution in [-0.4, -0.2) is 0 Å². The number of hydrogen-bond donors (Lipinski definition) is 2. The molecule has 4 rings (SSSR count). The molecule has 3 atom stereocenters. The van der Waals surface area contributed by atoms with Gasteiger partial charge in [0, 0.05) is 23.2 Å². The van der Waals surface area contributed by atoms with Crippen LogP contribution in [0, 0.1) is 0 Å². The molecule has 288 valence electrons. The Labute approximate surface area is 325 Å². The predicted octanol–water partition coefficient (Wildman–Crippen LogP) is 15.3. The highest BCUT2D eigenvalue weighted by atomic mass is 14.5. The van der Waals surface area contributed by atoms with Crippen molar-refractivity contribution in [1.82, 2.24) is 0 Å². The maximum atomic E-state index is 6.10. The lowest BCUT2D eigenvalue weighted by atomic mass is 9.82. The minimum Gasteiger partial charge on any atom is -0.399 e. The minimum atomic E-state index is 0.418. The van der Waals surface area contributed by atoms with Crippen LogP contribution in [0.5, 0.6) is 0 Å². The van der Waals surface area contributed by atoms with Crippen LogP contribution in [0.15, 0.2) is 97.1 Å². The molecule has 0 aliphatic rings. The number of nitrogens with two attached hydrogens (primary N) is 2. The fourth-order valence-corrected chi connectivity index (χ4v) is 8.32. The zero-order chi connectivity index (χ0) is 37.5. The summed E-state index contributed by atoms with van der Waals surface area (Å²) in [6, 6.07) is 36.8. The molecule has 2 nitrogen and oxygen atoms in total. The molecule has 3 unspecified atom stereocenters. The first kappa shape index (κ1) is 42.2. The summed E-state index contributed by atoms with van der Waals surface area (Å²) in [5.41, 5.74) is 22.5. The second-order valence-electron chi connectivity index (χ2n) is 16.1.